The molecule has 2 aliphatic heterocycles. The van der Waals surface area contributed by atoms with Gasteiger partial charge in [0.25, 0.3) is 0 Å². The number of piperidine rings is 1. The van der Waals surface area contributed by atoms with Crippen LogP contribution in [-0.4, -0.2) is 36.0 Å². The van der Waals surface area contributed by atoms with Crippen molar-refractivity contribution in [1.82, 2.24) is 16.0 Å². The molecule has 3 aliphatic rings. The van der Waals surface area contributed by atoms with Crippen LogP contribution in [-0.2, 0) is 9.59 Å². The van der Waals surface area contributed by atoms with Crippen LogP contribution in [0.4, 0.5) is 0 Å². The highest BCUT2D eigenvalue weighted by atomic mass is 35.5. The van der Waals surface area contributed by atoms with E-state index in [1.54, 1.807) is 0 Å². The molecule has 3 fully saturated rings. The summed E-state index contributed by atoms with van der Waals surface area (Å²) in [5.41, 5.74) is -0.658. The number of hydrogen-bond acceptors (Lipinski definition) is 3. The number of fused-ring (bicyclic) bond motifs is 2. The molecule has 2 saturated heterocycles. The lowest BCUT2D eigenvalue weighted by atomic mass is 9.80. The van der Waals surface area contributed by atoms with Crippen molar-refractivity contribution in [3.8, 4) is 0 Å². The average Bonchev–Trinajstić information content (AvgIpc) is 2.94. The molecule has 0 spiro atoms. The molecule has 150 valence electrons. The zero-order valence-electron chi connectivity index (χ0n) is 16.1. The Balaban J connectivity index is 0.00000243. The van der Waals surface area contributed by atoms with Gasteiger partial charge in [-0.05, 0) is 50.9 Å². The number of carbonyl (C=O) groups is 2. The van der Waals surface area contributed by atoms with Crippen molar-refractivity contribution in [2.45, 2.75) is 102 Å². The molecule has 0 aromatic rings. The number of hydrogen-bond donors (Lipinski definition) is 3. The average molecular weight is 386 g/mol. The molecule has 6 heteroatoms. The van der Waals surface area contributed by atoms with E-state index in [0.717, 1.165) is 57.8 Å². The SMILES string of the molecule is CCCCNC(=O)C1(NC(=O)CC2CC3CCC(C2)N3)CCCCC1.Cl. The van der Waals surface area contributed by atoms with Crippen molar-refractivity contribution in [3.63, 3.8) is 0 Å². The third-order valence-electron chi connectivity index (χ3n) is 6.38. The normalized spacial score (nSPS) is 29.5. The van der Waals surface area contributed by atoms with Crippen molar-refractivity contribution in [3.05, 3.63) is 0 Å². The summed E-state index contributed by atoms with van der Waals surface area (Å²) in [5.74, 6) is 0.598. The van der Waals surface area contributed by atoms with Gasteiger partial charge in [0, 0.05) is 25.0 Å². The number of carbonyl (C=O) groups excluding carboxylic acids is 2. The van der Waals surface area contributed by atoms with Crippen LogP contribution >= 0.6 is 12.4 Å². The van der Waals surface area contributed by atoms with Crippen LogP contribution in [0.1, 0.15) is 84.0 Å². The minimum absolute atomic E-state index is 0. The van der Waals surface area contributed by atoms with Gasteiger partial charge in [0.15, 0.2) is 0 Å². The van der Waals surface area contributed by atoms with Gasteiger partial charge in [-0.25, -0.2) is 0 Å². The summed E-state index contributed by atoms with van der Waals surface area (Å²) in [6.45, 7) is 2.83. The van der Waals surface area contributed by atoms with Gasteiger partial charge < -0.3 is 16.0 Å². The molecular weight excluding hydrogens is 350 g/mol. The summed E-state index contributed by atoms with van der Waals surface area (Å²) in [7, 11) is 0. The molecular formula is C20H36ClN3O2. The van der Waals surface area contributed by atoms with Gasteiger partial charge in [0.05, 0.1) is 0 Å². The Morgan fingerprint density at radius 3 is 2.35 bits per heavy atom. The van der Waals surface area contributed by atoms with Gasteiger partial charge in [-0.2, -0.15) is 0 Å². The molecule has 0 aromatic heterocycles. The molecule has 1 aliphatic carbocycles. The molecule has 2 atom stereocenters. The Labute approximate surface area is 164 Å². The van der Waals surface area contributed by atoms with E-state index in [0.29, 0.717) is 31.0 Å². The molecule has 0 aromatic carbocycles. The van der Waals surface area contributed by atoms with Gasteiger partial charge in [-0.3, -0.25) is 9.59 Å². The lowest BCUT2D eigenvalue weighted by Gasteiger charge is -2.37. The standard InChI is InChI=1S/C20H35N3O2.ClH/c1-2-3-11-21-19(25)20(9-5-4-6-10-20)23-18(24)14-15-12-16-7-8-17(13-15)22-16;/h15-17,22H,2-14H2,1H3,(H,21,25)(H,23,24);1H. The van der Waals surface area contributed by atoms with Crippen molar-refractivity contribution in [2.24, 2.45) is 5.92 Å². The molecule has 2 heterocycles. The van der Waals surface area contributed by atoms with Crippen LogP contribution in [0.5, 0.6) is 0 Å². The Hall–Kier alpha value is -0.810. The molecule has 3 N–H and O–H groups in total. The van der Waals surface area contributed by atoms with Gasteiger partial charge >= 0.3 is 0 Å². The maximum absolute atomic E-state index is 12.8. The second kappa shape index (κ2) is 9.93. The van der Waals surface area contributed by atoms with Crippen LogP contribution in [0.3, 0.4) is 0 Å². The third kappa shape index (κ3) is 5.35. The van der Waals surface area contributed by atoms with Gasteiger partial charge in [-0.1, -0.05) is 32.6 Å². The summed E-state index contributed by atoms with van der Waals surface area (Å²) >= 11 is 0. The first-order valence-electron chi connectivity index (χ1n) is 10.5. The largest absolute Gasteiger partial charge is 0.354 e. The Bertz CT molecular complexity index is 468. The zero-order chi connectivity index (χ0) is 17.7. The Kier molecular flexibility index (Phi) is 8.21. The third-order valence-corrected chi connectivity index (χ3v) is 6.38. The topological polar surface area (TPSA) is 70.2 Å². The minimum Gasteiger partial charge on any atom is -0.354 e. The Morgan fingerprint density at radius 2 is 1.73 bits per heavy atom. The van der Waals surface area contributed by atoms with Gasteiger partial charge in [0.1, 0.15) is 5.54 Å². The summed E-state index contributed by atoms with van der Waals surface area (Å²) in [6.07, 6.45) is 12.2. The molecule has 1 saturated carbocycles. The van der Waals surface area contributed by atoms with Crippen LogP contribution in [0, 0.1) is 5.92 Å². The highest BCUT2D eigenvalue weighted by Crippen LogP contribution is 2.33. The van der Waals surface area contributed by atoms with E-state index in [1.807, 2.05) is 0 Å². The molecule has 2 amide bonds. The van der Waals surface area contributed by atoms with E-state index < -0.39 is 5.54 Å². The van der Waals surface area contributed by atoms with E-state index in [1.165, 1.54) is 12.8 Å². The summed E-state index contributed by atoms with van der Waals surface area (Å²) < 4.78 is 0. The van der Waals surface area contributed by atoms with Crippen molar-refractivity contribution in [2.75, 3.05) is 6.54 Å². The smallest absolute Gasteiger partial charge is 0.245 e. The summed E-state index contributed by atoms with van der Waals surface area (Å²) in [6, 6.07) is 1.22. The van der Waals surface area contributed by atoms with Crippen LogP contribution in [0.15, 0.2) is 0 Å². The lowest BCUT2D eigenvalue weighted by molar-refractivity contribution is -0.135. The summed E-state index contributed by atoms with van der Waals surface area (Å²) in [4.78, 5) is 25.5. The van der Waals surface area contributed by atoms with Gasteiger partial charge in [0.2, 0.25) is 11.8 Å². The fourth-order valence-corrected chi connectivity index (χ4v) is 5.03. The highest BCUT2D eigenvalue weighted by Gasteiger charge is 2.41. The van der Waals surface area contributed by atoms with Crippen molar-refractivity contribution < 1.29 is 9.59 Å². The summed E-state index contributed by atoms with van der Waals surface area (Å²) in [5, 5.41) is 9.88. The van der Waals surface area contributed by atoms with Gasteiger partial charge in [-0.15, -0.1) is 12.4 Å². The lowest BCUT2D eigenvalue weighted by Crippen LogP contribution is -2.60. The maximum atomic E-state index is 12.8. The number of unbranched alkanes of at least 4 members (excludes halogenated alkanes) is 1. The van der Waals surface area contributed by atoms with Crippen LogP contribution in [0.25, 0.3) is 0 Å². The first kappa shape index (κ1) is 21.5. The fourth-order valence-electron chi connectivity index (χ4n) is 5.03. The molecule has 2 unspecified atom stereocenters. The molecule has 5 nitrogen and oxygen atoms in total. The molecule has 26 heavy (non-hydrogen) atoms. The van der Waals surface area contributed by atoms with E-state index in [4.69, 9.17) is 0 Å². The highest BCUT2D eigenvalue weighted by molar-refractivity contribution is 5.91. The van der Waals surface area contributed by atoms with E-state index in [9.17, 15) is 9.59 Å². The van der Waals surface area contributed by atoms with E-state index in [2.05, 4.69) is 22.9 Å². The number of nitrogens with one attached hydrogen (secondary N) is 3. The minimum atomic E-state index is -0.658. The van der Waals surface area contributed by atoms with E-state index >= 15 is 0 Å². The van der Waals surface area contributed by atoms with Crippen LogP contribution in [0.2, 0.25) is 0 Å². The number of amides is 2. The zero-order valence-corrected chi connectivity index (χ0v) is 17.0. The molecule has 0 radical (unpaired) electrons. The second-order valence-corrected chi connectivity index (χ2v) is 8.48. The second-order valence-electron chi connectivity index (χ2n) is 8.48. The predicted molar refractivity (Wildman–Crippen MR) is 106 cm³/mol. The van der Waals surface area contributed by atoms with Crippen molar-refractivity contribution >= 4 is 24.2 Å². The number of rotatable bonds is 7. The number of halogens is 1. The first-order valence-corrected chi connectivity index (χ1v) is 10.5. The van der Waals surface area contributed by atoms with Crippen molar-refractivity contribution in [1.29, 1.82) is 0 Å². The predicted octanol–water partition coefficient (Wildman–Crippen LogP) is 3.06. The van der Waals surface area contributed by atoms with Crippen LogP contribution < -0.4 is 16.0 Å². The molecule has 3 rings (SSSR count). The Morgan fingerprint density at radius 1 is 1.08 bits per heavy atom. The molecule has 2 bridgehead atoms. The van der Waals surface area contributed by atoms with E-state index in [-0.39, 0.29) is 24.2 Å². The maximum Gasteiger partial charge on any atom is 0.245 e. The quantitative estimate of drug-likeness (QED) is 0.590. The fraction of sp³-hybridized carbons (Fsp3) is 0.900. The first-order chi connectivity index (χ1) is 12.1. The monoisotopic (exact) mass is 385 g/mol.